The molecule has 1 heterocycles. The first-order chi connectivity index (χ1) is 14.4. The zero-order chi connectivity index (χ0) is 20.7. The second-order valence-corrected chi connectivity index (χ2v) is 11.6. The highest BCUT2D eigenvalue weighted by Crippen LogP contribution is 2.66. The van der Waals surface area contributed by atoms with Gasteiger partial charge in [0.1, 0.15) is 10.8 Å². The number of nitrogens with zero attached hydrogens (tertiary/aromatic N) is 1. The van der Waals surface area contributed by atoms with E-state index in [1.54, 1.807) is 11.3 Å². The lowest BCUT2D eigenvalue weighted by Crippen LogP contribution is -2.50. The van der Waals surface area contributed by atoms with E-state index in [-0.39, 0.29) is 22.8 Å². The Kier molecular flexibility index (Phi) is 4.15. The highest BCUT2D eigenvalue weighted by Gasteiger charge is 2.58. The summed E-state index contributed by atoms with van der Waals surface area (Å²) in [7, 11) is 0. The topological polar surface area (TPSA) is 33.1 Å². The number of halogens is 1. The van der Waals surface area contributed by atoms with Gasteiger partial charge in [0.05, 0.1) is 16.7 Å². The largest absolute Gasteiger partial charge is 0.393 e. The van der Waals surface area contributed by atoms with Crippen LogP contribution >= 0.6 is 11.3 Å². The first kappa shape index (κ1) is 19.2. The molecule has 0 aliphatic heterocycles. The number of aliphatic hydroxyl groups excluding tert-OH is 1. The van der Waals surface area contributed by atoms with E-state index in [1.807, 2.05) is 12.1 Å². The van der Waals surface area contributed by atoms with E-state index in [9.17, 15) is 9.50 Å². The quantitative estimate of drug-likeness (QED) is 0.568. The lowest BCUT2D eigenvalue weighted by atomic mass is 9.48. The van der Waals surface area contributed by atoms with E-state index in [0.29, 0.717) is 17.8 Å². The third kappa shape index (κ3) is 2.53. The Bertz CT molecular complexity index is 1030. The van der Waals surface area contributed by atoms with Crippen LogP contribution in [0.4, 0.5) is 4.39 Å². The van der Waals surface area contributed by atoms with Gasteiger partial charge in [-0.2, -0.15) is 0 Å². The highest BCUT2D eigenvalue weighted by atomic mass is 32.1. The van der Waals surface area contributed by atoms with Gasteiger partial charge < -0.3 is 5.11 Å². The summed E-state index contributed by atoms with van der Waals surface area (Å²) < 4.78 is 13.4. The molecule has 4 aliphatic rings. The smallest absolute Gasteiger partial charge is 0.124 e. The molecule has 0 radical (unpaired) electrons. The molecule has 2 fully saturated rings. The van der Waals surface area contributed by atoms with Crippen LogP contribution in [0.25, 0.3) is 16.1 Å². The monoisotopic (exact) mass is 423 g/mol. The van der Waals surface area contributed by atoms with Crippen LogP contribution in [0.5, 0.6) is 0 Å². The second kappa shape index (κ2) is 6.49. The normalized spacial score (nSPS) is 39.5. The Hall–Kier alpha value is -1.52. The van der Waals surface area contributed by atoms with Crippen LogP contribution < -0.4 is 0 Å². The molecule has 0 bridgehead atoms. The Labute approximate surface area is 182 Å². The standard InChI is InChI=1S/C26H30FNOS/c1-25-14-12-21-23(30-24(28-21)15-3-5-16(27)6-4-15)20(25)8-7-17-18-9-10-22(29)26(18,2)13-11-19(17)25/h3-6,8,17-19,22,29H,7,9-14H2,1-2H3/t17-,18-,19-,22-,25+,26-/m0/s1. The third-order valence-electron chi connectivity index (χ3n) is 9.33. The Morgan fingerprint density at radius 3 is 2.67 bits per heavy atom. The van der Waals surface area contributed by atoms with Crippen LogP contribution in [-0.4, -0.2) is 16.2 Å². The van der Waals surface area contributed by atoms with Gasteiger partial charge in [0.15, 0.2) is 0 Å². The fourth-order valence-electron chi connectivity index (χ4n) is 7.56. The molecular formula is C26H30FNOS. The summed E-state index contributed by atoms with van der Waals surface area (Å²) in [4.78, 5) is 6.35. The Balaban J connectivity index is 1.38. The maximum Gasteiger partial charge on any atom is 0.124 e. The number of thiazole rings is 1. The maximum absolute atomic E-state index is 13.4. The lowest BCUT2D eigenvalue weighted by molar-refractivity contribution is -0.0579. The van der Waals surface area contributed by atoms with Crippen molar-refractivity contribution < 1.29 is 9.50 Å². The van der Waals surface area contributed by atoms with Crippen molar-refractivity contribution >= 4 is 16.9 Å². The molecule has 1 N–H and O–H groups in total. The summed E-state index contributed by atoms with van der Waals surface area (Å²) in [5, 5.41) is 11.7. The SMILES string of the molecule is C[C@]12CC[C@H]3[C@@H](CC=C4c5sc(-c6ccc(F)cc6)nc5CC[C@@]43C)[C@@H]1CC[C@@H]2O. The molecule has 0 unspecified atom stereocenters. The second-order valence-electron chi connectivity index (χ2n) is 10.6. The molecule has 0 amide bonds. The first-order valence-corrected chi connectivity index (χ1v) is 12.4. The van der Waals surface area contributed by atoms with Crippen LogP contribution in [0.2, 0.25) is 0 Å². The van der Waals surface area contributed by atoms with E-state index < -0.39 is 0 Å². The highest BCUT2D eigenvalue weighted by molar-refractivity contribution is 7.16. The average Bonchev–Trinajstić information content (AvgIpc) is 3.29. The molecule has 6 atom stereocenters. The predicted octanol–water partition coefficient (Wildman–Crippen LogP) is 6.49. The van der Waals surface area contributed by atoms with Gasteiger partial charge in [-0.25, -0.2) is 9.37 Å². The summed E-state index contributed by atoms with van der Waals surface area (Å²) >= 11 is 1.80. The summed E-state index contributed by atoms with van der Waals surface area (Å²) in [6.45, 7) is 4.86. The molecule has 6 rings (SSSR count). The third-order valence-corrected chi connectivity index (χ3v) is 10.5. The van der Waals surface area contributed by atoms with Crippen molar-refractivity contribution in [3.8, 4) is 10.6 Å². The minimum absolute atomic E-state index is 0.112. The molecular weight excluding hydrogens is 393 g/mol. The van der Waals surface area contributed by atoms with Gasteiger partial charge >= 0.3 is 0 Å². The fourth-order valence-corrected chi connectivity index (χ4v) is 8.86. The molecule has 158 valence electrons. The molecule has 2 aromatic rings. The number of allylic oxidation sites excluding steroid dienone is 2. The number of aryl methyl sites for hydroxylation is 1. The summed E-state index contributed by atoms with van der Waals surface area (Å²) in [6, 6.07) is 6.74. The lowest BCUT2D eigenvalue weighted by Gasteiger charge is -2.56. The van der Waals surface area contributed by atoms with E-state index in [2.05, 4.69) is 19.9 Å². The van der Waals surface area contributed by atoms with Crippen LogP contribution in [0, 0.1) is 34.4 Å². The number of rotatable bonds is 1. The van der Waals surface area contributed by atoms with Crippen LogP contribution in [0.15, 0.2) is 30.3 Å². The van der Waals surface area contributed by atoms with Crippen molar-refractivity contribution in [3.63, 3.8) is 0 Å². The number of benzene rings is 1. The fraction of sp³-hybridized carbons (Fsp3) is 0.577. The van der Waals surface area contributed by atoms with Crippen molar-refractivity contribution in [2.75, 3.05) is 0 Å². The van der Waals surface area contributed by atoms with Gasteiger partial charge in [0, 0.05) is 5.56 Å². The van der Waals surface area contributed by atoms with Gasteiger partial charge in [-0.05, 0) is 103 Å². The first-order valence-electron chi connectivity index (χ1n) is 11.5. The van der Waals surface area contributed by atoms with Gasteiger partial charge in [-0.1, -0.05) is 19.9 Å². The molecule has 1 aromatic heterocycles. The minimum atomic E-state index is -0.199. The van der Waals surface area contributed by atoms with E-state index in [1.165, 1.54) is 54.0 Å². The molecule has 30 heavy (non-hydrogen) atoms. The van der Waals surface area contributed by atoms with Gasteiger partial charge in [-0.15, -0.1) is 11.3 Å². The predicted molar refractivity (Wildman–Crippen MR) is 120 cm³/mol. The molecule has 4 aliphatic carbocycles. The zero-order valence-corrected chi connectivity index (χ0v) is 18.6. The molecule has 0 spiro atoms. The van der Waals surface area contributed by atoms with Gasteiger partial charge in [0.2, 0.25) is 0 Å². The summed E-state index contributed by atoms with van der Waals surface area (Å²) in [5.74, 6) is 1.89. The van der Waals surface area contributed by atoms with Crippen molar-refractivity contribution in [2.45, 2.75) is 64.9 Å². The zero-order valence-electron chi connectivity index (χ0n) is 17.8. The number of hydrogen-bond donors (Lipinski definition) is 1. The number of aliphatic hydroxyl groups is 1. The van der Waals surface area contributed by atoms with E-state index >= 15 is 0 Å². The molecule has 4 heteroatoms. The Morgan fingerprint density at radius 1 is 1.07 bits per heavy atom. The van der Waals surface area contributed by atoms with Crippen molar-refractivity contribution in [1.29, 1.82) is 0 Å². The molecule has 2 saturated carbocycles. The number of aromatic nitrogens is 1. The van der Waals surface area contributed by atoms with E-state index in [4.69, 9.17) is 4.98 Å². The Morgan fingerprint density at radius 2 is 1.87 bits per heavy atom. The molecule has 1 aromatic carbocycles. The average molecular weight is 424 g/mol. The minimum Gasteiger partial charge on any atom is -0.393 e. The van der Waals surface area contributed by atoms with Crippen molar-refractivity contribution in [1.82, 2.24) is 4.98 Å². The number of hydrogen-bond acceptors (Lipinski definition) is 3. The van der Waals surface area contributed by atoms with Gasteiger partial charge in [-0.3, -0.25) is 0 Å². The maximum atomic E-state index is 13.4. The van der Waals surface area contributed by atoms with Gasteiger partial charge in [0.25, 0.3) is 0 Å². The van der Waals surface area contributed by atoms with Crippen molar-refractivity contribution in [3.05, 3.63) is 46.7 Å². The van der Waals surface area contributed by atoms with Crippen LogP contribution in [0.3, 0.4) is 0 Å². The molecule has 2 nitrogen and oxygen atoms in total. The van der Waals surface area contributed by atoms with Crippen LogP contribution in [-0.2, 0) is 6.42 Å². The number of fused-ring (bicyclic) bond motifs is 7. The summed E-state index contributed by atoms with van der Waals surface area (Å²) in [5.41, 5.74) is 4.12. The van der Waals surface area contributed by atoms with Crippen molar-refractivity contribution in [2.24, 2.45) is 28.6 Å². The van der Waals surface area contributed by atoms with E-state index in [0.717, 1.165) is 29.8 Å². The van der Waals surface area contributed by atoms with Crippen LogP contribution in [0.1, 0.15) is 62.9 Å². The summed E-state index contributed by atoms with van der Waals surface area (Å²) in [6.07, 6.45) is 10.4. The molecule has 0 saturated heterocycles.